The molecule has 0 radical (unpaired) electrons. The molecule has 0 saturated carbocycles. The number of likely N-dealkylation sites (tertiary alicyclic amines) is 1. The number of aryl methyl sites for hydroxylation is 1. The lowest BCUT2D eigenvalue weighted by Crippen LogP contribution is -2.48. The predicted molar refractivity (Wildman–Crippen MR) is 96.6 cm³/mol. The van der Waals surface area contributed by atoms with E-state index in [0.717, 1.165) is 61.7 Å². The van der Waals surface area contributed by atoms with Crippen molar-refractivity contribution in [2.75, 3.05) is 26.5 Å². The number of amides is 1. The van der Waals surface area contributed by atoms with E-state index in [9.17, 15) is 4.79 Å². The Hall–Kier alpha value is -2.54. The minimum Gasteiger partial charge on any atom is -0.454 e. The van der Waals surface area contributed by atoms with Crippen molar-refractivity contribution >= 4 is 5.91 Å². The van der Waals surface area contributed by atoms with Crippen LogP contribution in [0.3, 0.4) is 0 Å². The number of carbonyl (C=O) groups is 1. The van der Waals surface area contributed by atoms with Crippen LogP contribution in [-0.2, 0) is 28.0 Å². The van der Waals surface area contributed by atoms with Gasteiger partial charge in [-0.2, -0.15) is 5.10 Å². The maximum atomic E-state index is 12.7. The standard InChI is InChI=1S/C20H23N3O4/c24-18(4-2-14-1-3-16-17(11-14)26-13-25-16)23-8-6-20(7-9-23)19-15(5-10-27-20)12-21-22-19/h1,3,11-12H,2,4-10,13H2,(H,21,22). The van der Waals surface area contributed by atoms with E-state index in [1.165, 1.54) is 5.56 Å². The molecular weight excluding hydrogens is 346 g/mol. The van der Waals surface area contributed by atoms with E-state index in [1.54, 1.807) is 0 Å². The normalized spacial score (nSPS) is 19.9. The summed E-state index contributed by atoms with van der Waals surface area (Å²) in [7, 11) is 0. The number of nitrogens with zero attached hydrogens (tertiary/aromatic N) is 2. The molecule has 0 unspecified atom stereocenters. The number of aromatic nitrogens is 2. The Kier molecular flexibility index (Phi) is 4.04. The monoisotopic (exact) mass is 369 g/mol. The van der Waals surface area contributed by atoms with E-state index in [-0.39, 0.29) is 18.3 Å². The second-order valence-electron chi connectivity index (χ2n) is 7.43. The summed E-state index contributed by atoms with van der Waals surface area (Å²) in [5.41, 5.74) is 3.17. The van der Waals surface area contributed by atoms with Crippen molar-refractivity contribution in [2.24, 2.45) is 0 Å². The van der Waals surface area contributed by atoms with Gasteiger partial charge in [0.1, 0.15) is 5.60 Å². The Morgan fingerprint density at radius 2 is 2.07 bits per heavy atom. The van der Waals surface area contributed by atoms with E-state index in [0.29, 0.717) is 12.8 Å². The van der Waals surface area contributed by atoms with Crippen LogP contribution in [0.15, 0.2) is 24.4 Å². The first kappa shape index (κ1) is 16.6. The largest absolute Gasteiger partial charge is 0.454 e. The van der Waals surface area contributed by atoms with E-state index < -0.39 is 0 Å². The number of hydrogen-bond acceptors (Lipinski definition) is 5. The van der Waals surface area contributed by atoms with Crippen LogP contribution in [0, 0.1) is 0 Å². The molecule has 0 atom stereocenters. The molecule has 1 amide bonds. The SMILES string of the molecule is O=C(CCc1ccc2c(c1)OCO2)N1CCC2(CC1)OCCc1cn[nH]c12. The summed E-state index contributed by atoms with van der Waals surface area (Å²) < 4.78 is 16.9. The Labute approximate surface area is 157 Å². The Morgan fingerprint density at radius 1 is 1.22 bits per heavy atom. The number of hydrogen-bond donors (Lipinski definition) is 1. The minimum absolute atomic E-state index is 0.197. The van der Waals surface area contributed by atoms with Crippen LogP contribution >= 0.6 is 0 Å². The lowest BCUT2D eigenvalue weighted by atomic mass is 9.83. The van der Waals surface area contributed by atoms with Crippen LogP contribution in [0.4, 0.5) is 0 Å². The zero-order valence-electron chi connectivity index (χ0n) is 15.2. The number of H-pyrrole nitrogens is 1. The molecule has 142 valence electrons. The first-order chi connectivity index (χ1) is 13.2. The van der Waals surface area contributed by atoms with Crippen molar-refractivity contribution in [1.29, 1.82) is 0 Å². The van der Waals surface area contributed by atoms with Gasteiger partial charge >= 0.3 is 0 Å². The Bertz CT molecular complexity index is 855. The van der Waals surface area contributed by atoms with Crippen LogP contribution < -0.4 is 9.47 Å². The van der Waals surface area contributed by atoms with E-state index in [1.807, 2.05) is 29.3 Å². The molecule has 0 aliphatic carbocycles. The number of carbonyl (C=O) groups excluding carboxylic acids is 1. The lowest BCUT2D eigenvalue weighted by molar-refractivity contribution is -0.141. The number of nitrogens with one attached hydrogen (secondary N) is 1. The van der Waals surface area contributed by atoms with Crippen molar-refractivity contribution in [1.82, 2.24) is 15.1 Å². The smallest absolute Gasteiger partial charge is 0.231 e. The Morgan fingerprint density at radius 3 is 2.96 bits per heavy atom. The number of ether oxygens (including phenoxy) is 3. The second-order valence-corrected chi connectivity index (χ2v) is 7.43. The molecule has 1 saturated heterocycles. The highest BCUT2D eigenvalue weighted by Gasteiger charge is 2.42. The predicted octanol–water partition coefficient (Wildman–Crippen LogP) is 2.16. The van der Waals surface area contributed by atoms with Gasteiger partial charge in [0.05, 0.1) is 18.5 Å². The second kappa shape index (κ2) is 6.56. The van der Waals surface area contributed by atoms with Crippen LogP contribution in [0.1, 0.15) is 36.1 Å². The van der Waals surface area contributed by atoms with E-state index in [2.05, 4.69) is 10.2 Å². The first-order valence-corrected chi connectivity index (χ1v) is 9.56. The van der Waals surface area contributed by atoms with Crippen molar-refractivity contribution in [3.8, 4) is 11.5 Å². The molecule has 1 fully saturated rings. The summed E-state index contributed by atoms with van der Waals surface area (Å²) in [6, 6.07) is 5.88. The van der Waals surface area contributed by atoms with Gasteiger partial charge < -0.3 is 19.1 Å². The summed E-state index contributed by atoms with van der Waals surface area (Å²) in [5.74, 6) is 1.74. The zero-order valence-corrected chi connectivity index (χ0v) is 15.2. The van der Waals surface area contributed by atoms with Crippen molar-refractivity contribution in [3.63, 3.8) is 0 Å². The van der Waals surface area contributed by atoms with Gasteiger partial charge in [-0.3, -0.25) is 9.89 Å². The molecule has 1 aromatic heterocycles. The highest BCUT2D eigenvalue weighted by Crippen LogP contribution is 2.40. The van der Waals surface area contributed by atoms with Gasteiger partial charge in [0, 0.05) is 19.5 Å². The van der Waals surface area contributed by atoms with Gasteiger partial charge in [-0.15, -0.1) is 0 Å². The zero-order chi connectivity index (χ0) is 18.3. The molecule has 7 nitrogen and oxygen atoms in total. The third-order valence-electron chi connectivity index (χ3n) is 5.91. The Balaban J connectivity index is 1.19. The molecule has 2 aromatic rings. The third kappa shape index (κ3) is 2.96. The number of rotatable bonds is 3. The number of fused-ring (bicyclic) bond motifs is 3. The average Bonchev–Trinajstić information content (AvgIpc) is 3.36. The van der Waals surface area contributed by atoms with E-state index >= 15 is 0 Å². The number of aromatic amines is 1. The van der Waals surface area contributed by atoms with Gasteiger partial charge in [0.25, 0.3) is 0 Å². The molecule has 5 rings (SSSR count). The van der Waals surface area contributed by atoms with Crippen LogP contribution in [0.2, 0.25) is 0 Å². The molecule has 27 heavy (non-hydrogen) atoms. The molecule has 3 aliphatic heterocycles. The van der Waals surface area contributed by atoms with Crippen molar-refractivity contribution < 1.29 is 19.0 Å². The van der Waals surface area contributed by atoms with E-state index in [4.69, 9.17) is 14.2 Å². The summed E-state index contributed by atoms with van der Waals surface area (Å²) in [4.78, 5) is 14.6. The molecule has 4 heterocycles. The van der Waals surface area contributed by atoms with Gasteiger partial charge in [0.15, 0.2) is 11.5 Å². The number of benzene rings is 1. The summed E-state index contributed by atoms with van der Waals surface area (Å²) in [6.45, 7) is 2.44. The quantitative estimate of drug-likeness (QED) is 0.897. The molecule has 0 bridgehead atoms. The minimum atomic E-state index is -0.293. The molecule has 1 N–H and O–H groups in total. The summed E-state index contributed by atoms with van der Waals surface area (Å²) in [5, 5.41) is 7.32. The first-order valence-electron chi connectivity index (χ1n) is 9.56. The van der Waals surface area contributed by atoms with Gasteiger partial charge in [-0.25, -0.2) is 0 Å². The van der Waals surface area contributed by atoms with Crippen LogP contribution in [0.25, 0.3) is 0 Å². The molecular formula is C20H23N3O4. The highest BCUT2D eigenvalue weighted by molar-refractivity contribution is 5.76. The molecule has 1 spiro atoms. The molecule has 7 heteroatoms. The number of piperidine rings is 1. The van der Waals surface area contributed by atoms with Gasteiger partial charge in [-0.05, 0) is 48.9 Å². The molecule has 3 aliphatic rings. The van der Waals surface area contributed by atoms with Crippen LogP contribution in [0.5, 0.6) is 11.5 Å². The highest BCUT2D eigenvalue weighted by atomic mass is 16.7. The fourth-order valence-corrected chi connectivity index (χ4v) is 4.34. The van der Waals surface area contributed by atoms with Crippen molar-refractivity contribution in [3.05, 3.63) is 41.2 Å². The van der Waals surface area contributed by atoms with Gasteiger partial charge in [0.2, 0.25) is 12.7 Å². The maximum absolute atomic E-state index is 12.7. The topological polar surface area (TPSA) is 76.7 Å². The summed E-state index contributed by atoms with van der Waals surface area (Å²) in [6.07, 6.45) is 5.66. The van der Waals surface area contributed by atoms with Crippen molar-refractivity contribution in [2.45, 2.75) is 37.7 Å². The molecule has 1 aromatic carbocycles. The fraction of sp³-hybridized carbons (Fsp3) is 0.500. The van der Waals surface area contributed by atoms with Gasteiger partial charge in [-0.1, -0.05) is 6.07 Å². The average molecular weight is 369 g/mol. The fourth-order valence-electron chi connectivity index (χ4n) is 4.34. The maximum Gasteiger partial charge on any atom is 0.231 e. The van der Waals surface area contributed by atoms with Crippen LogP contribution in [-0.4, -0.2) is 47.5 Å². The third-order valence-corrected chi connectivity index (χ3v) is 5.91. The summed E-state index contributed by atoms with van der Waals surface area (Å²) >= 11 is 0. The lowest BCUT2D eigenvalue weighted by Gasteiger charge is -2.43.